The second kappa shape index (κ2) is 6.15. The standard InChI is InChI=1S/C19H21N3O2/c1-13-11-20-21-18(13)16-7-4-5-9-22(16)19(23)15-10-14-6-2-3-8-17(14)24-12-15/h2-3,6,8,10-11,16H,4-5,7,9,12H2,1H3,(H,20,21). The molecule has 2 aliphatic rings. The Labute approximate surface area is 141 Å². The van der Waals surface area contributed by atoms with Crippen molar-refractivity contribution in [1.29, 1.82) is 0 Å². The van der Waals surface area contributed by atoms with Crippen LogP contribution in [-0.4, -0.2) is 34.2 Å². The molecule has 0 aliphatic carbocycles. The summed E-state index contributed by atoms with van der Waals surface area (Å²) in [5, 5.41) is 7.21. The van der Waals surface area contributed by atoms with E-state index in [-0.39, 0.29) is 11.9 Å². The number of fused-ring (bicyclic) bond motifs is 1. The summed E-state index contributed by atoms with van der Waals surface area (Å²) in [6, 6.07) is 7.90. The SMILES string of the molecule is Cc1cn[nH]c1C1CCCCN1C(=O)C1=Cc2ccccc2OC1. The van der Waals surface area contributed by atoms with Gasteiger partial charge in [-0.2, -0.15) is 5.10 Å². The Hall–Kier alpha value is -2.56. The molecule has 1 aromatic carbocycles. The lowest BCUT2D eigenvalue weighted by Crippen LogP contribution is -2.40. The van der Waals surface area contributed by atoms with E-state index >= 15 is 0 Å². The van der Waals surface area contributed by atoms with Crippen LogP contribution in [0.15, 0.2) is 36.0 Å². The molecule has 24 heavy (non-hydrogen) atoms. The van der Waals surface area contributed by atoms with E-state index in [9.17, 15) is 4.79 Å². The van der Waals surface area contributed by atoms with Gasteiger partial charge in [-0.1, -0.05) is 18.2 Å². The second-order valence-corrected chi connectivity index (χ2v) is 6.47. The number of amides is 1. The van der Waals surface area contributed by atoms with Gasteiger partial charge in [-0.05, 0) is 43.9 Å². The number of benzene rings is 1. The molecule has 1 N–H and O–H groups in total. The summed E-state index contributed by atoms with van der Waals surface area (Å²) >= 11 is 0. The second-order valence-electron chi connectivity index (χ2n) is 6.47. The predicted molar refractivity (Wildman–Crippen MR) is 91.5 cm³/mol. The van der Waals surface area contributed by atoms with Crippen LogP contribution in [0.5, 0.6) is 5.75 Å². The maximum Gasteiger partial charge on any atom is 0.253 e. The number of hydrogen-bond donors (Lipinski definition) is 1. The van der Waals surface area contributed by atoms with Gasteiger partial charge in [-0.25, -0.2) is 0 Å². The maximum absolute atomic E-state index is 13.1. The number of likely N-dealkylation sites (tertiary alicyclic amines) is 1. The van der Waals surface area contributed by atoms with Crippen LogP contribution in [0.2, 0.25) is 0 Å². The van der Waals surface area contributed by atoms with Gasteiger partial charge in [0.1, 0.15) is 12.4 Å². The number of carbonyl (C=O) groups excluding carboxylic acids is 1. The normalized spacial score (nSPS) is 20.1. The van der Waals surface area contributed by atoms with Crippen molar-refractivity contribution in [3.05, 3.63) is 52.9 Å². The average molecular weight is 323 g/mol. The summed E-state index contributed by atoms with van der Waals surface area (Å²) in [5.74, 6) is 0.914. The fraction of sp³-hybridized carbons (Fsp3) is 0.368. The van der Waals surface area contributed by atoms with Crippen molar-refractivity contribution in [3.63, 3.8) is 0 Å². The lowest BCUT2D eigenvalue weighted by Gasteiger charge is -2.36. The van der Waals surface area contributed by atoms with Crippen molar-refractivity contribution in [2.24, 2.45) is 0 Å². The van der Waals surface area contributed by atoms with E-state index in [1.165, 1.54) is 0 Å². The monoisotopic (exact) mass is 323 g/mol. The molecule has 1 fully saturated rings. The smallest absolute Gasteiger partial charge is 0.253 e. The predicted octanol–water partition coefficient (Wildman–Crippen LogP) is 3.25. The Morgan fingerprint density at radius 2 is 2.21 bits per heavy atom. The minimum absolute atomic E-state index is 0.0724. The Bertz CT molecular complexity index is 793. The minimum Gasteiger partial charge on any atom is -0.488 e. The highest BCUT2D eigenvalue weighted by Gasteiger charge is 2.32. The largest absolute Gasteiger partial charge is 0.488 e. The molecule has 3 heterocycles. The molecule has 2 aliphatic heterocycles. The van der Waals surface area contributed by atoms with Gasteiger partial charge in [0.05, 0.1) is 23.5 Å². The van der Waals surface area contributed by atoms with E-state index in [1.807, 2.05) is 48.4 Å². The average Bonchev–Trinajstić information content (AvgIpc) is 3.06. The maximum atomic E-state index is 13.1. The Morgan fingerprint density at radius 3 is 3.04 bits per heavy atom. The van der Waals surface area contributed by atoms with Crippen molar-refractivity contribution in [1.82, 2.24) is 15.1 Å². The number of aromatic nitrogens is 2. The zero-order chi connectivity index (χ0) is 16.5. The van der Waals surface area contributed by atoms with Gasteiger partial charge in [-0.3, -0.25) is 9.89 Å². The molecule has 4 rings (SSSR count). The van der Waals surface area contributed by atoms with Crippen LogP contribution >= 0.6 is 0 Å². The van der Waals surface area contributed by atoms with Gasteiger partial charge in [0, 0.05) is 12.1 Å². The van der Waals surface area contributed by atoms with Crippen molar-refractivity contribution in [3.8, 4) is 5.75 Å². The summed E-state index contributed by atoms with van der Waals surface area (Å²) < 4.78 is 5.76. The Balaban J connectivity index is 1.63. The van der Waals surface area contributed by atoms with Gasteiger partial charge in [0.2, 0.25) is 0 Å². The minimum atomic E-state index is 0.0724. The molecule has 1 amide bonds. The van der Waals surface area contributed by atoms with Crippen molar-refractivity contribution < 1.29 is 9.53 Å². The van der Waals surface area contributed by atoms with Crippen LogP contribution in [0.4, 0.5) is 0 Å². The molecular formula is C19H21N3O2. The first-order valence-corrected chi connectivity index (χ1v) is 8.47. The molecule has 1 aromatic heterocycles. The first kappa shape index (κ1) is 15.0. The molecule has 124 valence electrons. The number of para-hydroxylation sites is 1. The molecule has 0 radical (unpaired) electrons. The molecule has 0 spiro atoms. The molecule has 2 aromatic rings. The van der Waals surface area contributed by atoms with Crippen molar-refractivity contribution >= 4 is 12.0 Å². The lowest BCUT2D eigenvalue weighted by atomic mass is 9.96. The summed E-state index contributed by atoms with van der Waals surface area (Å²) in [6.07, 6.45) is 6.93. The fourth-order valence-corrected chi connectivity index (χ4v) is 3.59. The number of ether oxygens (including phenoxy) is 1. The molecular weight excluding hydrogens is 302 g/mol. The van der Waals surface area contributed by atoms with E-state index in [2.05, 4.69) is 10.2 Å². The van der Waals surface area contributed by atoms with E-state index in [1.54, 1.807) is 0 Å². The quantitative estimate of drug-likeness (QED) is 0.923. The molecule has 0 bridgehead atoms. The molecule has 1 atom stereocenters. The zero-order valence-electron chi connectivity index (χ0n) is 13.8. The van der Waals surface area contributed by atoms with Crippen LogP contribution in [0.3, 0.4) is 0 Å². The number of carbonyl (C=O) groups is 1. The summed E-state index contributed by atoms with van der Waals surface area (Å²) in [7, 11) is 0. The molecule has 1 unspecified atom stereocenters. The van der Waals surface area contributed by atoms with Crippen molar-refractivity contribution in [2.75, 3.05) is 13.2 Å². The number of aryl methyl sites for hydroxylation is 1. The Morgan fingerprint density at radius 1 is 1.33 bits per heavy atom. The van der Waals surface area contributed by atoms with Crippen LogP contribution in [-0.2, 0) is 4.79 Å². The van der Waals surface area contributed by atoms with E-state index in [0.29, 0.717) is 6.61 Å². The van der Waals surface area contributed by atoms with Crippen LogP contribution in [0, 0.1) is 6.92 Å². The highest BCUT2D eigenvalue weighted by atomic mass is 16.5. The van der Waals surface area contributed by atoms with E-state index < -0.39 is 0 Å². The van der Waals surface area contributed by atoms with Crippen LogP contribution < -0.4 is 4.74 Å². The number of piperidine rings is 1. The number of hydrogen-bond acceptors (Lipinski definition) is 3. The van der Waals surface area contributed by atoms with Crippen LogP contribution in [0.1, 0.15) is 42.1 Å². The van der Waals surface area contributed by atoms with Gasteiger partial charge in [-0.15, -0.1) is 0 Å². The van der Waals surface area contributed by atoms with E-state index in [4.69, 9.17) is 4.74 Å². The molecule has 5 heteroatoms. The van der Waals surface area contributed by atoms with Gasteiger partial charge >= 0.3 is 0 Å². The van der Waals surface area contributed by atoms with Gasteiger partial charge in [0.15, 0.2) is 0 Å². The number of H-pyrrole nitrogens is 1. The number of nitrogens with one attached hydrogen (secondary N) is 1. The molecule has 5 nitrogen and oxygen atoms in total. The third-order valence-electron chi connectivity index (χ3n) is 4.87. The summed E-state index contributed by atoms with van der Waals surface area (Å²) in [5.41, 5.74) is 3.86. The molecule has 1 saturated heterocycles. The highest BCUT2D eigenvalue weighted by Crippen LogP contribution is 2.34. The summed E-state index contributed by atoms with van der Waals surface area (Å²) in [6.45, 7) is 3.15. The third-order valence-corrected chi connectivity index (χ3v) is 4.87. The van der Waals surface area contributed by atoms with E-state index in [0.717, 1.165) is 54.0 Å². The topological polar surface area (TPSA) is 58.2 Å². The first-order chi connectivity index (χ1) is 11.7. The third kappa shape index (κ3) is 2.60. The van der Waals surface area contributed by atoms with Crippen molar-refractivity contribution in [2.45, 2.75) is 32.2 Å². The Kier molecular flexibility index (Phi) is 3.84. The first-order valence-electron chi connectivity index (χ1n) is 8.47. The summed E-state index contributed by atoms with van der Waals surface area (Å²) in [4.78, 5) is 15.1. The number of aromatic amines is 1. The number of rotatable bonds is 2. The van der Waals surface area contributed by atoms with Crippen LogP contribution in [0.25, 0.3) is 6.08 Å². The van der Waals surface area contributed by atoms with Gasteiger partial charge < -0.3 is 9.64 Å². The fourth-order valence-electron chi connectivity index (χ4n) is 3.59. The zero-order valence-corrected chi connectivity index (χ0v) is 13.8. The molecule has 0 saturated carbocycles. The van der Waals surface area contributed by atoms with Gasteiger partial charge in [0.25, 0.3) is 5.91 Å². The lowest BCUT2D eigenvalue weighted by molar-refractivity contribution is -0.131. The number of nitrogens with zero attached hydrogens (tertiary/aromatic N) is 2. The highest BCUT2D eigenvalue weighted by molar-refractivity contribution is 5.99.